The first kappa shape index (κ1) is 13.0. The molecule has 0 amide bonds. The monoisotopic (exact) mass is 266 g/mol. The maximum absolute atomic E-state index is 12.1. The lowest BCUT2D eigenvalue weighted by atomic mass is 10.1. The zero-order chi connectivity index (χ0) is 13.2. The summed E-state index contributed by atoms with van der Waals surface area (Å²) < 4.78 is 25.5. The van der Waals surface area contributed by atoms with Gasteiger partial charge in [0.1, 0.15) is 0 Å². The van der Waals surface area contributed by atoms with E-state index in [2.05, 4.69) is 0 Å². The van der Waals surface area contributed by atoms with Gasteiger partial charge in [0.25, 0.3) is 0 Å². The molecular weight excluding hydrogens is 252 g/mol. The number of β-amino-alcohol motifs (C(OH)–C–C–N with tert-alkyl or cyclic N) is 1. The van der Waals surface area contributed by atoms with Crippen molar-refractivity contribution in [2.75, 3.05) is 13.1 Å². The van der Waals surface area contributed by atoms with Gasteiger partial charge in [0.2, 0.25) is 10.0 Å². The van der Waals surface area contributed by atoms with E-state index < -0.39 is 16.1 Å². The third-order valence-electron chi connectivity index (χ3n) is 3.00. The van der Waals surface area contributed by atoms with Crippen LogP contribution in [-0.4, -0.2) is 37.0 Å². The zero-order valence-electron chi connectivity index (χ0n) is 9.78. The van der Waals surface area contributed by atoms with Crippen molar-refractivity contribution in [1.29, 1.82) is 5.26 Å². The largest absolute Gasteiger partial charge is 0.392 e. The molecule has 0 spiro atoms. The number of nitriles is 1. The summed E-state index contributed by atoms with van der Waals surface area (Å²) in [5.74, 6) is -0.191. The van der Waals surface area contributed by atoms with Crippen LogP contribution in [0.15, 0.2) is 24.3 Å². The molecule has 0 bridgehead atoms. The lowest BCUT2D eigenvalue weighted by Gasteiger charge is -2.16. The number of hydrogen-bond acceptors (Lipinski definition) is 4. The fourth-order valence-electron chi connectivity index (χ4n) is 2.01. The van der Waals surface area contributed by atoms with E-state index >= 15 is 0 Å². The zero-order valence-corrected chi connectivity index (χ0v) is 10.6. The lowest BCUT2D eigenvalue weighted by Crippen LogP contribution is -2.31. The van der Waals surface area contributed by atoms with Crippen LogP contribution in [-0.2, 0) is 15.8 Å². The van der Waals surface area contributed by atoms with Crippen LogP contribution in [0, 0.1) is 11.3 Å². The van der Waals surface area contributed by atoms with Crippen molar-refractivity contribution in [1.82, 2.24) is 4.31 Å². The van der Waals surface area contributed by atoms with Crippen molar-refractivity contribution in [3.05, 3.63) is 35.4 Å². The molecule has 1 aliphatic heterocycles. The summed E-state index contributed by atoms with van der Waals surface area (Å²) in [6.45, 7) is 0.495. The molecule has 2 rings (SSSR count). The molecule has 18 heavy (non-hydrogen) atoms. The average Bonchev–Trinajstić information content (AvgIpc) is 2.77. The fraction of sp³-hybridized carbons (Fsp3) is 0.417. The van der Waals surface area contributed by atoms with Gasteiger partial charge in [-0.1, -0.05) is 18.2 Å². The Morgan fingerprint density at radius 1 is 1.44 bits per heavy atom. The summed E-state index contributed by atoms with van der Waals surface area (Å²) in [5.41, 5.74) is 0.877. The van der Waals surface area contributed by atoms with Crippen LogP contribution in [0.25, 0.3) is 0 Å². The quantitative estimate of drug-likeness (QED) is 0.861. The minimum atomic E-state index is -3.46. The maximum Gasteiger partial charge on any atom is 0.218 e. The third-order valence-corrected chi connectivity index (χ3v) is 4.79. The summed E-state index contributed by atoms with van der Waals surface area (Å²) in [5, 5.41) is 18.3. The van der Waals surface area contributed by atoms with E-state index in [1.54, 1.807) is 24.3 Å². The molecule has 1 fully saturated rings. The summed E-state index contributed by atoms with van der Waals surface area (Å²) in [7, 11) is -3.46. The second-order valence-electron chi connectivity index (χ2n) is 4.33. The Hall–Kier alpha value is -1.42. The number of rotatable bonds is 3. The van der Waals surface area contributed by atoms with E-state index in [1.165, 1.54) is 4.31 Å². The summed E-state index contributed by atoms with van der Waals surface area (Å²) in [4.78, 5) is 0. The first-order valence-electron chi connectivity index (χ1n) is 5.67. The number of hydrogen-bond donors (Lipinski definition) is 1. The van der Waals surface area contributed by atoms with E-state index in [4.69, 9.17) is 5.26 Å². The predicted molar refractivity (Wildman–Crippen MR) is 66.0 cm³/mol. The molecule has 0 radical (unpaired) electrons. The SMILES string of the molecule is N#Cc1ccccc1CS(=O)(=O)N1CC[C@@H](O)C1. The van der Waals surface area contributed by atoms with Crippen LogP contribution in [0.1, 0.15) is 17.5 Å². The second kappa shape index (κ2) is 5.06. The molecule has 5 nitrogen and oxygen atoms in total. The topological polar surface area (TPSA) is 81.4 Å². The van der Waals surface area contributed by atoms with Crippen molar-refractivity contribution in [3.63, 3.8) is 0 Å². The highest BCUT2D eigenvalue weighted by Gasteiger charge is 2.30. The Bertz CT molecular complexity index is 577. The van der Waals surface area contributed by atoms with E-state index in [-0.39, 0.29) is 12.3 Å². The normalized spacial score (nSPS) is 20.8. The minimum Gasteiger partial charge on any atom is -0.392 e. The van der Waals surface area contributed by atoms with Crippen molar-refractivity contribution in [2.24, 2.45) is 0 Å². The van der Waals surface area contributed by atoms with Gasteiger partial charge in [-0.05, 0) is 18.1 Å². The predicted octanol–water partition coefficient (Wildman–Crippen LogP) is 0.455. The van der Waals surface area contributed by atoms with Gasteiger partial charge in [0.05, 0.1) is 23.5 Å². The van der Waals surface area contributed by atoms with Crippen molar-refractivity contribution < 1.29 is 13.5 Å². The highest BCUT2D eigenvalue weighted by Crippen LogP contribution is 2.19. The molecule has 1 aromatic rings. The molecule has 96 valence electrons. The molecule has 0 unspecified atom stereocenters. The summed E-state index contributed by atoms with van der Waals surface area (Å²) in [6.07, 6.45) is -0.106. The maximum atomic E-state index is 12.1. The average molecular weight is 266 g/mol. The van der Waals surface area contributed by atoms with Crippen molar-refractivity contribution in [3.8, 4) is 6.07 Å². The number of aliphatic hydroxyl groups is 1. The van der Waals surface area contributed by atoms with Gasteiger partial charge in [-0.2, -0.15) is 9.57 Å². The highest BCUT2D eigenvalue weighted by molar-refractivity contribution is 7.88. The lowest BCUT2D eigenvalue weighted by molar-refractivity contribution is 0.189. The van der Waals surface area contributed by atoms with E-state index in [0.29, 0.717) is 24.1 Å². The molecule has 1 atom stereocenters. The molecule has 0 aromatic heterocycles. The van der Waals surface area contributed by atoms with Gasteiger partial charge in [-0.3, -0.25) is 0 Å². The molecule has 0 aliphatic carbocycles. The van der Waals surface area contributed by atoms with Crippen molar-refractivity contribution >= 4 is 10.0 Å². The molecular formula is C12H14N2O3S. The Balaban J connectivity index is 2.21. The van der Waals surface area contributed by atoms with E-state index in [0.717, 1.165) is 0 Å². The molecule has 1 aliphatic rings. The molecule has 1 saturated heterocycles. The Morgan fingerprint density at radius 2 is 2.17 bits per heavy atom. The van der Waals surface area contributed by atoms with Gasteiger partial charge in [0.15, 0.2) is 0 Å². The van der Waals surface area contributed by atoms with Gasteiger partial charge >= 0.3 is 0 Å². The smallest absolute Gasteiger partial charge is 0.218 e. The Labute approximate surface area is 106 Å². The highest BCUT2D eigenvalue weighted by atomic mass is 32.2. The first-order chi connectivity index (χ1) is 8.53. The van der Waals surface area contributed by atoms with Crippen LogP contribution in [0.5, 0.6) is 0 Å². The second-order valence-corrected chi connectivity index (χ2v) is 6.29. The third kappa shape index (κ3) is 2.70. The van der Waals surface area contributed by atoms with E-state index in [9.17, 15) is 13.5 Å². The summed E-state index contributed by atoms with van der Waals surface area (Å²) >= 11 is 0. The van der Waals surface area contributed by atoms with Crippen LogP contribution < -0.4 is 0 Å². The Morgan fingerprint density at radius 3 is 2.78 bits per heavy atom. The van der Waals surface area contributed by atoms with Crippen LogP contribution in [0.3, 0.4) is 0 Å². The van der Waals surface area contributed by atoms with Gasteiger partial charge in [-0.25, -0.2) is 8.42 Å². The number of nitrogens with zero attached hydrogens (tertiary/aromatic N) is 2. The molecule has 1 heterocycles. The molecule has 1 N–H and O–H groups in total. The van der Waals surface area contributed by atoms with Gasteiger partial charge in [0, 0.05) is 13.1 Å². The number of benzene rings is 1. The van der Waals surface area contributed by atoms with Crippen LogP contribution >= 0.6 is 0 Å². The fourth-order valence-corrected chi connectivity index (χ4v) is 3.62. The first-order valence-corrected chi connectivity index (χ1v) is 7.28. The van der Waals surface area contributed by atoms with Crippen LogP contribution in [0.4, 0.5) is 0 Å². The van der Waals surface area contributed by atoms with Gasteiger partial charge in [-0.15, -0.1) is 0 Å². The molecule has 0 saturated carbocycles. The Kier molecular flexibility index (Phi) is 3.66. The standard InChI is InChI=1S/C12H14N2O3S/c13-7-10-3-1-2-4-11(10)9-18(16,17)14-6-5-12(15)8-14/h1-4,12,15H,5-6,8-9H2/t12-/m1/s1. The van der Waals surface area contributed by atoms with Crippen LogP contribution in [0.2, 0.25) is 0 Å². The molecule has 6 heteroatoms. The molecule has 1 aromatic carbocycles. The number of aliphatic hydroxyl groups excluding tert-OH is 1. The van der Waals surface area contributed by atoms with Gasteiger partial charge < -0.3 is 5.11 Å². The van der Waals surface area contributed by atoms with E-state index in [1.807, 2.05) is 6.07 Å². The minimum absolute atomic E-state index is 0.150. The number of sulfonamides is 1. The van der Waals surface area contributed by atoms with Crippen molar-refractivity contribution in [2.45, 2.75) is 18.3 Å². The summed E-state index contributed by atoms with van der Waals surface area (Å²) in [6, 6.07) is 8.64.